The van der Waals surface area contributed by atoms with Gasteiger partial charge in [-0.1, -0.05) is 18.6 Å². The summed E-state index contributed by atoms with van der Waals surface area (Å²) in [6, 6.07) is 0. The average Bonchev–Trinajstić information content (AvgIpc) is 2.15. The van der Waals surface area contributed by atoms with Crippen molar-refractivity contribution in [3.05, 3.63) is 0 Å². The van der Waals surface area contributed by atoms with E-state index in [0.717, 1.165) is 38.8 Å². The number of nitrogens with two attached hydrogens (primary N) is 1. The number of carbonyl (C=O) groups excluding carboxylic acids is 1. The van der Waals surface area contributed by atoms with Gasteiger partial charge in [0, 0.05) is 24.9 Å². The minimum Gasteiger partial charge on any atom is -0.393 e. The highest BCUT2D eigenvalue weighted by molar-refractivity contribution is 7.80. The number of amides is 1. The Labute approximate surface area is 96.0 Å². The number of carbonyl (C=O) groups is 1. The molecule has 1 saturated carbocycles. The van der Waals surface area contributed by atoms with E-state index in [9.17, 15) is 4.79 Å². The zero-order chi connectivity index (χ0) is 10.8. The Morgan fingerprint density at radius 3 is 2.13 bits per heavy atom. The van der Waals surface area contributed by atoms with Crippen LogP contribution in [-0.4, -0.2) is 28.9 Å². The van der Waals surface area contributed by atoms with E-state index >= 15 is 0 Å². The van der Waals surface area contributed by atoms with Crippen molar-refractivity contribution in [3.8, 4) is 0 Å². The summed E-state index contributed by atoms with van der Waals surface area (Å²) in [7, 11) is 0. The number of hydrogen-bond donors (Lipinski definition) is 1. The van der Waals surface area contributed by atoms with Crippen molar-refractivity contribution >= 4 is 23.1 Å². The van der Waals surface area contributed by atoms with E-state index in [1.807, 2.05) is 4.90 Å². The van der Waals surface area contributed by atoms with Crippen LogP contribution in [0.15, 0.2) is 0 Å². The molecule has 1 amide bonds. The van der Waals surface area contributed by atoms with Crippen LogP contribution < -0.4 is 5.73 Å². The molecule has 2 fully saturated rings. The molecule has 2 N–H and O–H groups in total. The van der Waals surface area contributed by atoms with Crippen LogP contribution in [0.5, 0.6) is 0 Å². The van der Waals surface area contributed by atoms with E-state index < -0.39 is 0 Å². The highest BCUT2D eigenvalue weighted by Crippen LogP contribution is 2.29. The maximum absolute atomic E-state index is 11.9. The van der Waals surface area contributed by atoms with Crippen LogP contribution >= 0.6 is 12.2 Å². The predicted octanol–water partition coefficient (Wildman–Crippen LogP) is 1.31. The Hall–Kier alpha value is -0.640. The van der Waals surface area contributed by atoms with E-state index in [4.69, 9.17) is 18.0 Å². The lowest BCUT2D eigenvalue weighted by molar-refractivity contribution is -0.139. The van der Waals surface area contributed by atoms with E-state index in [2.05, 4.69) is 0 Å². The first-order valence-corrected chi connectivity index (χ1v) is 6.17. The molecule has 0 spiro atoms. The van der Waals surface area contributed by atoms with Crippen molar-refractivity contribution in [3.63, 3.8) is 0 Å². The molecule has 1 saturated heterocycles. The molecular weight excluding hydrogens is 208 g/mol. The molecule has 1 heterocycles. The van der Waals surface area contributed by atoms with Gasteiger partial charge in [-0.2, -0.15) is 0 Å². The molecule has 2 aliphatic rings. The third-order valence-electron chi connectivity index (χ3n) is 3.66. The monoisotopic (exact) mass is 226 g/mol. The largest absolute Gasteiger partial charge is 0.393 e. The van der Waals surface area contributed by atoms with Crippen LogP contribution in [-0.2, 0) is 4.79 Å². The molecule has 15 heavy (non-hydrogen) atoms. The highest BCUT2D eigenvalue weighted by atomic mass is 32.1. The molecule has 0 atom stereocenters. The lowest BCUT2D eigenvalue weighted by atomic mass is 9.83. The van der Waals surface area contributed by atoms with Gasteiger partial charge in [-0.3, -0.25) is 4.79 Å². The number of piperidine rings is 1. The molecule has 0 radical (unpaired) electrons. The quantitative estimate of drug-likeness (QED) is 0.722. The number of rotatable bonds is 2. The fourth-order valence-electron chi connectivity index (χ4n) is 2.30. The van der Waals surface area contributed by atoms with Crippen LogP contribution in [0.4, 0.5) is 0 Å². The van der Waals surface area contributed by atoms with Crippen molar-refractivity contribution in [2.45, 2.75) is 32.1 Å². The number of hydrogen-bond acceptors (Lipinski definition) is 2. The van der Waals surface area contributed by atoms with Gasteiger partial charge in [0.05, 0.1) is 4.99 Å². The summed E-state index contributed by atoms with van der Waals surface area (Å²) in [5.74, 6) is 1.04. The van der Waals surface area contributed by atoms with Gasteiger partial charge in [-0.15, -0.1) is 0 Å². The van der Waals surface area contributed by atoms with Gasteiger partial charge in [0.15, 0.2) is 0 Å². The third kappa shape index (κ3) is 2.30. The highest BCUT2D eigenvalue weighted by Gasteiger charge is 2.31. The van der Waals surface area contributed by atoms with Crippen molar-refractivity contribution in [2.24, 2.45) is 17.6 Å². The molecule has 0 aromatic heterocycles. The molecule has 4 heteroatoms. The molecule has 1 aliphatic carbocycles. The zero-order valence-electron chi connectivity index (χ0n) is 8.95. The summed E-state index contributed by atoms with van der Waals surface area (Å²) in [6.45, 7) is 1.69. The third-order valence-corrected chi connectivity index (χ3v) is 4.00. The van der Waals surface area contributed by atoms with Gasteiger partial charge in [0.1, 0.15) is 0 Å². The van der Waals surface area contributed by atoms with Crippen LogP contribution in [0.3, 0.4) is 0 Å². The Bertz CT molecular complexity index is 268. The van der Waals surface area contributed by atoms with Crippen LogP contribution in [0, 0.1) is 11.8 Å². The summed E-state index contributed by atoms with van der Waals surface area (Å²) in [5.41, 5.74) is 5.61. The number of thiocarbonyl (C=S) groups is 1. The lowest BCUT2D eigenvalue weighted by Gasteiger charge is -2.36. The summed E-state index contributed by atoms with van der Waals surface area (Å²) in [5, 5.41) is 0. The molecule has 0 aromatic rings. The van der Waals surface area contributed by atoms with Gasteiger partial charge in [-0.05, 0) is 25.7 Å². The van der Waals surface area contributed by atoms with Crippen molar-refractivity contribution in [1.29, 1.82) is 0 Å². The summed E-state index contributed by atoms with van der Waals surface area (Å²) >= 11 is 4.98. The molecule has 1 aliphatic heterocycles. The Morgan fingerprint density at radius 1 is 1.13 bits per heavy atom. The molecule has 3 nitrogen and oxygen atoms in total. The molecule has 2 rings (SSSR count). The van der Waals surface area contributed by atoms with Crippen LogP contribution in [0.1, 0.15) is 32.1 Å². The van der Waals surface area contributed by atoms with Crippen molar-refractivity contribution in [1.82, 2.24) is 4.90 Å². The van der Waals surface area contributed by atoms with Crippen molar-refractivity contribution in [2.75, 3.05) is 13.1 Å². The fourth-order valence-corrected chi connectivity index (χ4v) is 2.53. The molecule has 84 valence electrons. The second-order valence-corrected chi connectivity index (χ2v) is 5.10. The topological polar surface area (TPSA) is 46.3 Å². The van der Waals surface area contributed by atoms with Gasteiger partial charge in [-0.25, -0.2) is 0 Å². The van der Waals surface area contributed by atoms with Crippen molar-refractivity contribution < 1.29 is 4.79 Å². The molecular formula is C11H18N2OS. The minimum atomic E-state index is 0.325. The first-order valence-electron chi connectivity index (χ1n) is 5.76. The minimum absolute atomic E-state index is 0.325. The van der Waals surface area contributed by atoms with E-state index in [1.54, 1.807) is 0 Å². The first-order chi connectivity index (χ1) is 7.18. The fraction of sp³-hybridized carbons (Fsp3) is 0.818. The molecule has 0 unspecified atom stereocenters. The zero-order valence-corrected chi connectivity index (χ0v) is 9.76. The maximum Gasteiger partial charge on any atom is 0.225 e. The summed E-state index contributed by atoms with van der Waals surface area (Å²) in [6.07, 6.45) is 5.31. The normalized spacial score (nSPS) is 23.6. The van der Waals surface area contributed by atoms with E-state index in [1.165, 1.54) is 6.42 Å². The van der Waals surface area contributed by atoms with Gasteiger partial charge >= 0.3 is 0 Å². The Kier molecular flexibility index (Phi) is 3.24. The Morgan fingerprint density at radius 2 is 1.73 bits per heavy atom. The van der Waals surface area contributed by atoms with Crippen LogP contribution in [0.2, 0.25) is 0 Å². The second-order valence-electron chi connectivity index (χ2n) is 4.63. The van der Waals surface area contributed by atoms with Crippen LogP contribution in [0.25, 0.3) is 0 Å². The number of nitrogens with zero attached hydrogens (tertiary/aromatic N) is 1. The van der Waals surface area contributed by atoms with Gasteiger partial charge in [0.2, 0.25) is 5.91 Å². The Balaban J connectivity index is 1.82. The first kappa shape index (κ1) is 10.9. The van der Waals surface area contributed by atoms with E-state index in [-0.39, 0.29) is 0 Å². The summed E-state index contributed by atoms with van der Waals surface area (Å²) < 4.78 is 0. The maximum atomic E-state index is 11.9. The molecule has 0 aromatic carbocycles. The SMILES string of the molecule is NC(=S)C1CCN(C(=O)C2CCC2)CC1. The van der Waals surface area contributed by atoms with Gasteiger partial charge < -0.3 is 10.6 Å². The lowest BCUT2D eigenvalue weighted by Crippen LogP contribution is -2.45. The summed E-state index contributed by atoms with van der Waals surface area (Å²) in [4.78, 5) is 14.5. The standard InChI is InChI=1S/C11H18N2OS/c12-10(15)8-4-6-13(7-5-8)11(14)9-2-1-3-9/h8-9H,1-7H2,(H2,12,15). The second kappa shape index (κ2) is 4.47. The predicted molar refractivity (Wildman–Crippen MR) is 63.4 cm³/mol. The molecule has 0 bridgehead atoms. The van der Waals surface area contributed by atoms with Gasteiger partial charge in [0.25, 0.3) is 0 Å². The van der Waals surface area contributed by atoms with E-state index in [0.29, 0.717) is 22.7 Å². The average molecular weight is 226 g/mol. The smallest absolute Gasteiger partial charge is 0.225 e. The number of likely N-dealkylation sites (tertiary alicyclic amines) is 1.